The zero-order valence-corrected chi connectivity index (χ0v) is 18.5. The third-order valence-electron chi connectivity index (χ3n) is 4.39. The van der Waals surface area contributed by atoms with Gasteiger partial charge in [0.1, 0.15) is 35.7 Å². The van der Waals surface area contributed by atoms with Crippen LogP contribution in [0.5, 0.6) is 23.0 Å². The number of benzene rings is 2. The highest BCUT2D eigenvalue weighted by atomic mass is 35.5. The second-order valence-corrected chi connectivity index (χ2v) is 7.30. The zero-order valence-electron chi connectivity index (χ0n) is 17.7. The first-order chi connectivity index (χ1) is 13.3. The topological polar surface area (TPSA) is 69.2 Å². The fourth-order valence-electron chi connectivity index (χ4n) is 2.83. The first kappa shape index (κ1) is 24.9. The monoisotopic (exact) mass is 425 g/mol. The molecular formula is C22H32ClNO5. The van der Waals surface area contributed by atoms with E-state index in [1.54, 1.807) is 39.5 Å². The third kappa shape index (κ3) is 8.40. The Balaban J connectivity index is 0.00000420. The molecule has 0 radical (unpaired) electrons. The quantitative estimate of drug-likeness (QED) is 0.574. The van der Waals surface area contributed by atoms with Gasteiger partial charge in [-0.1, -0.05) is 12.1 Å². The van der Waals surface area contributed by atoms with Gasteiger partial charge in [0.2, 0.25) is 0 Å². The van der Waals surface area contributed by atoms with E-state index in [4.69, 9.17) is 18.9 Å². The average Bonchev–Trinajstić information content (AvgIpc) is 2.70. The van der Waals surface area contributed by atoms with E-state index < -0.39 is 6.10 Å². The van der Waals surface area contributed by atoms with Gasteiger partial charge in [-0.3, -0.25) is 0 Å². The van der Waals surface area contributed by atoms with Crippen LogP contribution in [-0.4, -0.2) is 51.2 Å². The summed E-state index contributed by atoms with van der Waals surface area (Å²) in [7, 11) is 4.83. The van der Waals surface area contributed by atoms with E-state index in [9.17, 15) is 5.11 Å². The fraction of sp³-hybridized carbons (Fsp3) is 0.455. The molecule has 0 heterocycles. The normalized spacial score (nSPS) is 11.9. The van der Waals surface area contributed by atoms with Gasteiger partial charge in [-0.25, -0.2) is 0 Å². The Labute approximate surface area is 179 Å². The van der Waals surface area contributed by atoms with Crippen LogP contribution in [0.2, 0.25) is 0 Å². The molecule has 2 aromatic rings. The fourth-order valence-corrected chi connectivity index (χ4v) is 2.83. The van der Waals surface area contributed by atoms with Crippen LogP contribution in [0, 0.1) is 0 Å². The van der Waals surface area contributed by atoms with Crippen molar-refractivity contribution in [3.8, 4) is 23.0 Å². The lowest BCUT2D eigenvalue weighted by Crippen LogP contribution is -2.46. The SMILES string of the molecule is COc1ccc(CC(C)(C)NCC(O)COc2cc(OC)cc(OC)c2)cc1.Cl. The van der Waals surface area contributed by atoms with Crippen molar-refractivity contribution in [1.29, 1.82) is 0 Å². The Morgan fingerprint density at radius 3 is 1.90 bits per heavy atom. The maximum Gasteiger partial charge on any atom is 0.126 e. The second-order valence-electron chi connectivity index (χ2n) is 7.30. The van der Waals surface area contributed by atoms with Crippen molar-refractivity contribution in [1.82, 2.24) is 5.32 Å². The molecule has 0 aliphatic heterocycles. The highest BCUT2D eigenvalue weighted by molar-refractivity contribution is 5.85. The summed E-state index contributed by atoms with van der Waals surface area (Å²) in [5.74, 6) is 2.72. The van der Waals surface area contributed by atoms with E-state index in [0.29, 0.717) is 23.8 Å². The Morgan fingerprint density at radius 1 is 0.862 bits per heavy atom. The molecule has 6 nitrogen and oxygen atoms in total. The number of ether oxygens (including phenoxy) is 4. The van der Waals surface area contributed by atoms with Gasteiger partial charge in [0.25, 0.3) is 0 Å². The van der Waals surface area contributed by atoms with Gasteiger partial charge in [-0.15, -0.1) is 12.4 Å². The first-order valence-electron chi connectivity index (χ1n) is 9.27. The van der Waals surface area contributed by atoms with Crippen molar-refractivity contribution in [2.45, 2.75) is 31.9 Å². The lowest BCUT2D eigenvalue weighted by atomic mass is 9.94. The molecule has 0 aromatic heterocycles. The van der Waals surface area contributed by atoms with Gasteiger partial charge in [0.15, 0.2) is 0 Å². The predicted octanol–water partition coefficient (Wildman–Crippen LogP) is 3.48. The largest absolute Gasteiger partial charge is 0.497 e. The molecule has 0 fully saturated rings. The van der Waals surface area contributed by atoms with Crippen LogP contribution in [0.15, 0.2) is 42.5 Å². The molecule has 162 valence electrons. The van der Waals surface area contributed by atoms with E-state index in [1.807, 2.05) is 12.1 Å². The van der Waals surface area contributed by atoms with Crippen LogP contribution in [0.4, 0.5) is 0 Å². The minimum Gasteiger partial charge on any atom is -0.497 e. The Kier molecular flexibility index (Phi) is 10.1. The maximum absolute atomic E-state index is 10.3. The van der Waals surface area contributed by atoms with Crippen molar-refractivity contribution in [2.75, 3.05) is 34.5 Å². The molecule has 1 unspecified atom stereocenters. The number of nitrogens with one attached hydrogen (secondary N) is 1. The van der Waals surface area contributed by atoms with E-state index in [1.165, 1.54) is 5.56 Å². The number of hydrogen-bond acceptors (Lipinski definition) is 6. The number of rotatable bonds is 11. The second kappa shape index (κ2) is 11.8. The van der Waals surface area contributed by atoms with Crippen LogP contribution >= 0.6 is 12.4 Å². The molecule has 0 saturated heterocycles. The highest BCUT2D eigenvalue weighted by Crippen LogP contribution is 2.27. The van der Waals surface area contributed by atoms with E-state index in [-0.39, 0.29) is 24.6 Å². The lowest BCUT2D eigenvalue weighted by Gasteiger charge is -2.28. The van der Waals surface area contributed by atoms with E-state index in [2.05, 4.69) is 31.3 Å². The van der Waals surface area contributed by atoms with Gasteiger partial charge in [0, 0.05) is 30.3 Å². The number of halogens is 1. The molecule has 2 rings (SSSR count). The summed E-state index contributed by atoms with van der Waals surface area (Å²) in [5, 5.41) is 13.7. The van der Waals surface area contributed by atoms with Crippen molar-refractivity contribution in [3.63, 3.8) is 0 Å². The molecule has 0 aliphatic rings. The lowest BCUT2D eigenvalue weighted by molar-refractivity contribution is 0.0986. The summed E-state index contributed by atoms with van der Waals surface area (Å²) < 4.78 is 21.3. The molecule has 2 aromatic carbocycles. The van der Waals surface area contributed by atoms with E-state index >= 15 is 0 Å². The predicted molar refractivity (Wildman–Crippen MR) is 117 cm³/mol. The van der Waals surface area contributed by atoms with Gasteiger partial charge in [-0.05, 0) is 38.0 Å². The van der Waals surface area contributed by atoms with Crippen molar-refractivity contribution >= 4 is 12.4 Å². The minimum absolute atomic E-state index is 0. The Hall–Kier alpha value is -2.15. The first-order valence-corrected chi connectivity index (χ1v) is 9.27. The van der Waals surface area contributed by atoms with Gasteiger partial charge < -0.3 is 29.4 Å². The van der Waals surface area contributed by atoms with Crippen molar-refractivity contribution in [2.24, 2.45) is 0 Å². The van der Waals surface area contributed by atoms with Crippen molar-refractivity contribution in [3.05, 3.63) is 48.0 Å². The van der Waals surface area contributed by atoms with Crippen LogP contribution in [-0.2, 0) is 6.42 Å². The van der Waals surface area contributed by atoms with Crippen LogP contribution < -0.4 is 24.3 Å². The summed E-state index contributed by atoms with van der Waals surface area (Å²) in [6.07, 6.45) is 0.185. The van der Waals surface area contributed by atoms with Gasteiger partial charge >= 0.3 is 0 Å². The summed E-state index contributed by atoms with van der Waals surface area (Å²) >= 11 is 0. The van der Waals surface area contributed by atoms with Gasteiger partial charge in [0.05, 0.1) is 21.3 Å². The average molecular weight is 426 g/mol. The Bertz CT molecular complexity index is 714. The molecule has 0 amide bonds. The number of β-amino-alcohol motifs (C(OH)–C–C–N with tert-alkyl or cyclic N) is 1. The maximum atomic E-state index is 10.3. The molecular weight excluding hydrogens is 394 g/mol. The molecule has 1 atom stereocenters. The summed E-state index contributed by atoms with van der Waals surface area (Å²) in [6.45, 7) is 4.81. The highest BCUT2D eigenvalue weighted by Gasteiger charge is 2.19. The molecule has 7 heteroatoms. The summed E-state index contributed by atoms with van der Waals surface area (Å²) in [4.78, 5) is 0. The molecule has 2 N–H and O–H groups in total. The van der Waals surface area contributed by atoms with Gasteiger partial charge in [-0.2, -0.15) is 0 Å². The number of hydrogen-bond donors (Lipinski definition) is 2. The Morgan fingerprint density at radius 2 is 1.38 bits per heavy atom. The molecule has 0 bridgehead atoms. The number of methoxy groups -OCH3 is 3. The van der Waals surface area contributed by atoms with Crippen LogP contribution in [0.25, 0.3) is 0 Å². The molecule has 0 spiro atoms. The summed E-state index contributed by atoms with van der Waals surface area (Å²) in [6, 6.07) is 13.3. The third-order valence-corrected chi connectivity index (χ3v) is 4.39. The smallest absolute Gasteiger partial charge is 0.126 e. The molecule has 0 aliphatic carbocycles. The van der Waals surface area contributed by atoms with Crippen LogP contribution in [0.1, 0.15) is 19.4 Å². The van der Waals surface area contributed by atoms with Crippen LogP contribution in [0.3, 0.4) is 0 Å². The zero-order chi connectivity index (χ0) is 20.6. The number of aliphatic hydroxyl groups is 1. The summed E-state index contributed by atoms with van der Waals surface area (Å²) in [5.41, 5.74) is 1.03. The van der Waals surface area contributed by atoms with E-state index in [0.717, 1.165) is 12.2 Å². The molecule has 29 heavy (non-hydrogen) atoms. The minimum atomic E-state index is -0.646. The standard InChI is InChI=1S/C22H31NO5.ClH/c1-22(2,13-16-6-8-18(25-3)9-7-16)23-14-17(24)15-28-21-11-19(26-4)10-20(12-21)27-5;/h6-12,17,23-24H,13-15H2,1-5H3;1H. The van der Waals surface area contributed by atoms with Crippen molar-refractivity contribution < 1.29 is 24.1 Å². The molecule has 0 saturated carbocycles. The number of aliphatic hydroxyl groups excluding tert-OH is 1.